The standard InChI is InChI=1S/C17H17F3N6/c18-17(19,20)15-8-14(24-16-22-11-23-26(15)16)12-4-3-7-25(9-12)10-13-5-1-2-6-21-13/h1-2,5-6,8,11-12H,3-4,7,9-10H2/t12-/m0/s1. The lowest BCUT2D eigenvalue weighted by Gasteiger charge is -2.32. The van der Waals surface area contributed by atoms with E-state index in [1.807, 2.05) is 18.2 Å². The molecule has 0 aliphatic carbocycles. The number of rotatable bonds is 3. The van der Waals surface area contributed by atoms with Crippen LogP contribution in [0.15, 0.2) is 36.8 Å². The summed E-state index contributed by atoms with van der Waals surface area (Å²) in [6.45, 7) is 2.22. The van der Waals surface area contributed by atoms with Crippen LogP contribution in [0.1, 0.15) is 35.8 Å². The molecule has 4 rings (SSSR count). The van der Waals surface area contributed by atoms with Crippen LogP contribution in [0.4, 0.5) is 13.2 Å². The van der Waals surface area contributed by atoms with Crippen molar-refractivity contribution in [3.05, 3.63) is 53.9 Å². The van der Waals surface area contributed by atoms with Crippen LogP contribution in [0.2, 0.25) is 0 Å². The van der Waals surface area contributed by atoms with E-state index >= 15 is 0 Å². The fourth-order valence-corrected chi connectivity index (χ4v) is 3.40. The molecule has 9 heteroatoms. The van der Waals surface area contributed by atoms with Crippen LogP contribution in [0.3, 0.4) is 0 Å². The van der Waals surface area contributed by atoms with Crippen LogP contribution in [0.5, 0.6) is 0 Å². The van der Waals surface area contributed by atoms with Gasteiger partial charge in [0.1, 0.15) is 6.33 Å². The second-order valence-corrected chi connectivity index (χ2v) is 6.43. The average Bonchev–Trinajstić information content (AvgIpc) is 3.09. The average molecular weight is 362 g/mol. The van der Waals surface area contributed by atoms with Crippen LogP contribution in [0, 0.1) is 0 Å². The number of nitrogens with zero attached hydrogens (tertiary/aromatic N) is 6. The zero-order valence-corrected chi connectivity index (χ0v) is 13.9. The second-order valence-electron chi connectivity index (χ2n) is 6.43. The van der Waals surface area contributed by atoms with Gasteiger partial charge in [-0.2, -0.15) is 27.8 Å². The monoisotopic (exact) mass is 362 g/mol. The number of aromatic nitrogens is 5. The summed E-state index contributed by atoms with van der Waals surface area (Å²) in [5, 5.41) is 3.65. The summed E-state index contributed by atoms with van der Waals surface area (Å²) in [6.07, 6.45) is 0.0282. The Morgan fingerprint density at radius 2 is 2.08 bits per heavy atom. The first kappa shape index (κ1) is 16.9. The van der Waals surface area contributed by atoms with Gasteiger partial charge < -0.3 is 0 Å². The Morgan fingerprint density at radius 3 is 2.85 bits per heavy atom. The van der Waals surface area contributed by atoms with Crippen molar-refractivity contribution >= 4 is 5.78 Å². The van der Waals surface area contributed by atoms with Crippen LogP contribution < -0.4 is 0 Å². The fourth-order valence-electron chi connectivity index (χ4n) is 3.40. The Labute approximate surface area is 147 Å². The third kappa shape index (κ3) is 3.39. The Hall–Kier alpha value is -2.55. The molecule has 0 unspecified atom stereocenters. The van der Waals surface area contributed by atoms with Crippen LogP contribution >= 0.6 is 0 Å². The molecule has 4 heterocycles. The minimum Gasteiger partial charge on any atom is -0.297 e. The molecule has 0 bridgehead atoms. The molecule has 0 aromatic carbocycles. The molecular formula is C17H17F3N6. The Balaban J connectivity index is 1.60. The fraction of sp³-hybridized carbons (Fsp3) is 0.412. The quantitative estimate of drug-likeness (QED) is 0.717. The number of pyridine rings is 1. The molecule has 1 saturated heterocycles. The smallest absolute Gasteiger partial charge is 0.297 e. The molecular weight excluding hydrogens is 345 g/mol. The van der Waals surface area contributed by atoms with Gasteiger partial charge in [0.15, 0.2) is 5.69 Å². The molecule has 0 spiro atoms. The van der Waals surface area contributed by atoms with Gasteiger partial charge in [0.05, 0.1) is 11.4 Å². The van der Waals surface area contributed by atoms with E-state index in [1.165, 1.54) is 0 Å². The van der Waals surface area contributed by atoms with Gasteiger partial charge in [0, 0.05) is 25.2 Å². The van der Waals surface area contributed by atoms with Gasteiger partial charge in [-0.15, -0.1) is 0 Å². The zero-order valence-electron chi connectivity index (χ0n) is 13.9. The highest BCUT2D eigenvalue weighted by molar-refractivity contribution is 5.33. The van der Waals surface area contributed by atoms with E-state index in [9.17, 15) is 13.2 Å². The molecule has 0 radical (unpaired) electrons. The van der Waals surface area contributed by atoms with Crippen LogP contribution in [-0.2, 0) is 12.7 Å². The third-order valence-electron chi connectivity index (χ3n) is 4.60. The number of halogens is 3. The predicted molar refractivity (Wildman–Crippen MR) is 87.3 cm³/mol. The molecule has 0 N–H and O–H groups in total. The summed E-state index contributed by atoms with van der Waals surface area (Å²) in [6, 6.07) is 6.85. The van der Waals surface area contributed by atoms with E-state index in [0.29, 0.717) is 18.8 Å². The van der Waals surface area contributed by atoms with Gasteiger partial charge >= 0.3 is 6.18 Å². The van der Waals surface area contributed by atoms with Gasteiger partial charge in [0.25, 0.3) is 5.78 Å². The Morgan fingerprint density at radius 1 is 1.19 bits per heavy atom. The third-order valence-corrected chi connectivity index (χ3v) is 4.60. The summed E-state index contributed by atoms with van der Waals surface area (Å²) in [5.41, 5.74) is 0.533. The van der Waals surface area contributed by atoms with E-state index in [0.717, 1.165) is 42.0 Å². The first-order chi connectivity index (χ1) is 12.5. The van der Waals surface area contributed by atoms with E-state index in [2.05, 4.69) is 25.0 Å². The van der Waals surface area contributed by atoms with Crippen molar-refractivity contribution < 1.29 is 13.2 Å². The normalized spacial score (nSPS) is 19.1. The van der Waals surface area contributed by atoms with Gasteiger partial charge in [-0.05, 0) is 37.6 Å². The van der Waals surface area contributed by atoms with Gasteiger partial charge in [-0.25, -0.2) is 4.98 Å². The van der Waals surface area contributed by atoms with Crippen LogP contribution in [0.25, 0.3) is 5.78 Å². The van der Waals surface area contributed by atoms with Crippen LogP contribution in [-0.4, -0.2) is 42.6 Å². The summed E-state index contributed by atoms with van der Waals surface area (Å²) in [4.78, 5) is 14.7. The Kier molecular flexibility index (Phi) is 4.31. The van der Waals surface area contributed by atoms with Crippen molar-refractivity contribution in [1.82, 2.24) is 29.5 Å². The van der Waals surface area contributed by atoms with E-state index in [-0.39, 0.29) is 11.7 Å². The summed E-state index contributed by atoms with van der Waals surface area (Å²) >= 11 is 0. The van der Waals surface area contributed by atoms with Crippen molar-refractivity contribution in [2.75, 3.05) is 13.1 Å². The zero-order chi connectivity index (χ0) is 18.1. The maximum absolute atomic E-state index is 13.4. The van der Waals surface area contributed by atoms with Crippen molar-refractivity contribution in [3.63, 3.8) is 0 Å². The highest BCUT2D eigenvalue weighted by atomic mass is 19.4. The molecule has 6 nitrogen and oxygen atoms in total. The van der Waals surface area contributed by atoms with Crippen molar-refractivity contribution in [1.29, 1.82) is 0 Å². The molecule has 136 valence electrons. The maximum Gasteiger partial charge on any atom is 0.433 e. The number of alkyl halides is 3. The number of likely N-dealkylation sites (tertiary alicyclic amines) is 1. The first-order valence-electron chi connectivity index (χ1n) is 8.41. The predicted octanol–water partition coefficient (Wildman–Crippen LogP) is 2.92. The van der Waals surface area contributed by atoms with E-state index < -0.39 is 11.9 Å². The van der Waals surface area contributed by atoms with Gasteiger partial charge in [-0.3, -0.25) is 9.88 Å². The summed E-state index contributed by atoms with van der Waals surface area (Å²) < 4.78 is 40.9. The molecule has 0 amide bonds. The van der Waals surface area contributed by atoms with Crippen molar-refractivity contribution in [2.24, 2.45) is 0 Å². The molecule has 3 aromatic heterocycles. The molecule has 1 fully saturated rings. The minimum absolute atomic E-state index is 0.0170. The lowest BCUT2D eigenvalue weighted by Crippen LogP contribution is -2.34. The van der Waals surface area contributed by atoms with E-state index in [1.54, 1.807) is 6.20 Å². The van der Waals surface area contributed by atoms with Gasteiger partial charge in [-0.1, -0.05) is 6.07 Å². The van der Waals surface area contributed by atoms with Crippen molar-refractivity contribution in [3.8, 4) is 0 Å². The lowest BCUT2D eigenvalue weighted by atomic mass is 9.94. The van der Waals surface area contributed by atoms with E-state index in [4.69, 9.17) is 0 Å². The largest absolute Gasteiger partial charge is 0.433 e. The van der Waals surface area contributed by atoms with Gasteiger partial charge in [0.2, 0.25) is 0 Å². The Bertz CT molecular complexity index is 892. The molecule has 0 saturated carbocycles. The summed E-state index contributed by atoms with van der Waals surface area (Å²) in [7, 11) is 0. The number of piperidine rings is 1. The number of hydrogen-bond acceptors (Lipinski definition) is 5. The molecule has 1 atom stereocenters. The lowest BCUT2D eigenvalue weighted by molar-refractivity contribution is -0.142. The number of hydrogen-bond donors (Lipinski definition) is 0. The highest BCUT2D eigenvalue weighted by Crippen LogP contribution is 2.33. The molecule has 1 aliphatic rings. The molecule has 3 aromatic rings. The molecule has 26 heavy (non-hydrogen) atoms. The number of fused-ring (bicyclic) bond motifs is 1. The molecule has 1 aliphatic heterocycles. The highest BCUT2D eigenvalue weighted by Gasteiger charge is 2.36. The maximum atomic E-state index is 13.4. The minimum atomic E-state index is -4.51. The van der Waals surface area contributed by atoms with Crippen molar-refractivity contribution in [2.45, 2.75) is 31.5 Å². The SMILES string of the molecule is FC(F)(F)c1cc([C@H]2CCCN(Cc3ccccn3)C2)nc2ncnn12. The first-order valence-corrected chi connectivity index (χ1v) is 8.41. The topological polar surface area (TPSA) is 59.2 Å². The summed E-state index contributed by atoms with van der Waals surface area (Å²) in [5.74, 6) is -0.0908. The second kappa shape index (κ2) is 6.64.